The van der Waals surface area contributed by atoms with Gasteiger partial charge in [-0.15, -0.1) is 0 Å². The molecule has 1 aliphatic heterocycles. The molecule has 64 valence electrons. The van der Waals surface area contributed by atoms with Crippen LogP contribution >= 0.6 is 0 Å². The average molecular weight is 172 g/mol. The van der Waals surface area contributed by atoms with Gasteiger partial charge in [-0.05, 0) is 5.16 Å². The Morgan fingerprint density at radius 3 is 2.50 bits per heavy atom. The molecular weight excluding hydrogens is 168 g/mol. The summed E-state index contributed by atoms with van der Waals surface area (Å²) in [6, 6.07) is 0. The van der Waals surface area contributed by atoms with Gasteiger partial charge in [0.25, 0.3) is 0 Å². The number of hydrogen-bond acceptors (Lipinski definition) is 8. The van der Waals surface area contributed by atoms with Crippen molar-refractivity contribution in [3.63, 3.8) is 0 Å². The summed E-state index contributed by atoms with van der Waals surface area (Å²) in [5.41, 5.74) is -0.261. The van der Waals surface area contributed by atoms with Crippen LogP contribution in [0.1, 0.15) is 0 Å². The van der Waals surface area contributed by atoms with Crippen LogP contribution in [0.2, 0.25) is 0 Å². The maximum Gasteiger partial charge on any atom is 0.315 e. The second-order valence-electron chi connectivity index (χ2n) is 1.67. The van der Waals surface area contributed by atoms with Crippen molar-refractivity contribution in [2.45, 2.75) is 0 Å². The summed E-state index contributed by atoms with van der Waals surface area (Å²) in [5.74, 6) is -0.368. The summed E-state index contributed by atoms with van der Waals surface area (Å²) < 4.78 is 0. The first-order valence-electron chi connectivity index (χ1n) is 2.70. The standard InChI is InChI=1S/C4H4N4O4/c9-5-1-2-3(6-10)4(7-11)12-8-2/h1,9-11H/b5-1+,6-3-,7-4-. The van der Waals surface area contributed by atoms with E-state index < -0.39 is 0 Å². The van der Waals surface area contributed by atoms with Gasteiger partial charge in [-0.3, -0.25) is 0 Å². The zero-order chi connectivity index (χ0) is 8.97. The molecule has 1 aliphatic rings. The molecule has 0 fully saturated rings. The molecule has 0 saturated carbocycles. The molecule has 8 heteroatoms. The second kappa shape index (κ2) is 3.32. The van der Waals surface area contributed by atoms with E-state index in [0.29, 0.717) is 0 Å². The predicted molar refractivity (Wildman–Crippen MR) is 37.2 cm³/mol. The van der Waals surface area contributed by atoms with E-state index in [1.165, 1.54) is 0 Å². The van der Waals surface area contributed by atoms with Crippen molar-refractivity contribution in [1.29, 1.82) is 0 Å². The predicted octanol–water partition coefficient (Wildman–Crippen LogP) is -0.550. The molecule has 0 amide bonds. The minimum Gasteiger partial charge on any atom is -0.411 e. The van der Waals surface area contributed by atoms with Crippen LogP contribution in [0.3, 0.4) is 0 Å². The van der Waals surface area contributed by atoms with Gasteiger partial charge < -0.3 is 20.5 Å². The fraction of sp³-hybridized carbons (Fsp3) is 0. The molecule has 3 N–H and O–H groups in total. The van der Waals surface area contributed by atoms with E-state index in [-0.39, 0.29) is 17.3 Å². The highest BCUT2D eigenvalue weighted by molar-refractivity contribution is 6.79. The Morgan fingerprint density at radius 1 is 1.25 bits per heavy atom. The highest BCUT2D eigenvalue weighted by Gasteiger charge is 2.26. The van der Waals surface area contributed by atoms with Crippen molar-refractivity contribution in [3.8, 4) is 0 Å². The fourth-order valence-electron chi connectivity index (χ4n) is 0.587. The van der Waals surface area contributed by atoms with Crippen molar-refractivity contribution in [3.05, 3.63) is 0 Å². The first kappa shape index (κ1) is 7.98. The van der Waals surface area contributed by atoms with Crippen LogP contribution in [0, 0.1) is 0 Å². The van der Waals surface area contributed by atoms with Crippen LogP contribution in [0.5, 0.6) is 0 Å². The summed E-state index contributed by atoms with van der Waals surface area (Å²) in [6.45, 7) is 0. The molecule has 1 rings (SSSR count). The van der Waals surface area contributed by atoms with Gasteiger partial charge in [-0.25, -0.2) is 0 Å². The van der Waals surface area contributed by atoms with E-state index in [1.54, 1.807) is 0 Å². The van der Waals surface area contributed by atoms with E-state index in [2.05, 4.69) is 25.5 Å². The lowest BCUT2D eigenvalue weighted by molar-refractivity contribution is 0.272. The summed E-state index contributed by atoms with van der Waals surface area (Å²) in [7, 11) is 0. The van der Waals surface area contributed by atoms with E-state index in [9.17, 15) is 0 Å². The smallest absolute Gasteiger partial charge is 0.315 e. The number of hydrogen-bond donors (Lipinski definition) is 3. The Balaban J connectivity index is 2.95. The number of nitrogens with zero attached hydrogens (tertiary/aromatic N) is 4. The molecule has 8 nitrogen and oxygen atoms in total. The minimum absolute atomic E-state index is 0.0483. The minimum atomic E-state index is -0.368. The summed E-state index contributed by atoms with van der Waals surface area (Å²) in [6.07, 6.45) is 0.868. The van der Waals surface area contributed by atoms with E-state index in [1.807, 2.05) is 0 Å². The fourth-order valence-corrected chi connectivity index (χ4v) is 0.587. The first-order valence-corrected chi connectivity index (χ1v) is 2.70. The number of oxime groups is 4. The Kier molecular flexibility index (Phi) is 2.21. The molecule has 0 saturated heterocycles. The SMILES string of the molecule is O/N=C1\ON=C(/C=N/O)\C1=N\O. The lowest BCUT2D eigenvalue weighted by Gasteiger charge is -1.88. The molecular formula is C4H4N4O4. The maximum absolute atomic E-state index is 8.36. The Morgan fingerprint density at radius 2 is 2.00 bits per heavy atom. The largest absolute Gasteiger partial charge is 0.411 e. The third-order valence-electron chi connectivity index (χ3n) is 1.05. The Hall–Kier alpha value is -2.12. The van der Waals surface area contributed by atoms with Gasteiger partial charge in [0.05, 0.1) is 6.21 Å². The van der Waals surface area contributed by atoms with Gasteiger partial charge in [-0.2, -0.15) is 0 Å². The van der Waals surface area contributed by atoms with Gasteiger partial charge in [0.15, 0.2) is 5.71 Å². The first-order chi connectivity index (χ1) is 5.83. The zero-order valence-corrected chi connectivity index (χ0v) is 5.62. The van der Waals surface area contributed by atoms with Gasteiger partial charge >= 0.3 is 5.90 Å². The molecule has 0 unspecified atom stereocenters. The van der Waals surface area contributed by atoms with Crippen molar-refractivity contribution >= 4 is 23.5 Å². The van der Waals surface area contributed by atoms with Crippen molar-refractivity contribution in [1.82, 2.24) is 0 Å². The molecule has 1 heterocycles. The highest BCUT2D eigenvalue weighted by atomic mass is 16.7. The molecule has 0 aliphatic carbocycles. The van der Waals surface area contributed by atoms with Gasteiger partial charge in [0.2, 0.25) is 5.71 Å². The third kappa shape index (κ3) is 1.17. The molecule has 0 aromatic rings. The molecule has 0 aromatic heterocycles. The molecule has 0 atom stereocenters. The van der Waals surface area contributed by atoms with Crippen molar-refractivity contribution in [2.24, 2.45) is 20.6 Å². The molecule has 0 spiro atoms. The van der Waals surface area contributed by atoms with Crippen molar-refractivity contribution < 1.29 is 20.5 Å². The summed E-state index contributed by atoms with van der Waals surface area (Å²) >= 11 is 0. The molecule has 12 heavy (non-hydrogen) atoms. The third-order valence-corrected chi connectivity index (χ3v) is 1.05. The molecule has 0 bridgehead atoms. The lowest BCUT2D eigenvalue weighted by Crippen LogP contribution is -2.19. The van der Waals surface area contributed by atoms with Gasteiger partial charge in [0.1, 0.15) is 0 Å². The summed E-state index contributed by atoms with van der Waals surface area (Å²) in [4.78, 5) is 4.37. The quantitative estimate of drug-likeness (QED) is 0.279. The normalized spacial score (nSPS) is 23.5. The Bertz CT molecular complexity index is 291. The van der Waals surface area contributed by atoms with Crippen LogP contribution in [-0.2, 0) is 4.84 Å². The lowest BCUT2D eigenvalue weighted by atomic mass is 10.2. The second-order valence-corrected chi connectivity index (χ2v) is 1.67. The van der Waals surface area contributed by atoms with Crippen LogP contribution in [0.4, 0.5) is 0 Å². The van der Waals surface area contributed by atoms with Crippen molar-refractivity contribution in [2.75, 3.05) is 0 Å². The van der Waals surface area contributed by atoms with E-state index in [4.69, 9.17) is 15.6 Å². The van der Waals surface area contributed by atoms with E-state index in [0.717, 1.165) is 6.21 Å². The van der Waals surface area contributed by atoms with Crippen LogP contribution in [-0.4, -0.2) is 39.2 Å². The van der Waals surface area contributed by atoms with Crippen LogP contribution in [0.25, 0.3) is 0 Å². The van der Waals surface area contributed by atoms with Crippen LogP contribution < -0.4 is 0 Å². The summed E-state index contributed by atoms with van der Waals surface area (Å²) in [5, 5.41) is 35.9. The van der Waals surface area contributed by atoms with Gasteiger partial charge in [0, 0.05) is 0 Å². The maximum atomic E-state index is 8.36. The number of rotatable bonds is 1. The Labute approximate surface area is 65.7 Å². The molecule has 0 radical (unpaired) electrons. The molecule has 0 aromatic carbocycles. The van der Waals surface area contributed by atoms with Gasteiger partial charge in [-0.1, -0.05) is 15.5 Å². The van der Waals surface area contributed by atoms with Crippen LogP contribution in [0.15, 0.2) is 20.6 Å². The highest BCUT2D eigenvalue weighted by Crippen LogP contribution is 2.00. The zero-order valence-electron chi connectivity index (χ0n) is 5.62. The topological polar surface area (TPSA) is 119 Å². The average Bonchev–Trinajstić information content (AvgIpc) is 2.47. The monoisotopic (exact) mass is 172 g/mol. The van der Waals surface area contributed by atoms with E-state index >= 15 is 0 Å².